The number of carbonyl (C=O) groups is 1. The highest BCUT2D eigenvalue weighted by atomic mass is 32.2. The molecule has 0 atom stereocenters. The van der Waals surface area contributed by atoms with Crippen LogP contribution in [0.1, 0.15) is 55.2 Å². The predicted octanol–water partition coefficient (Wildman–Crippen LogP) is 4.53. The van der Waals surface area contributed by atoms with Crippen molar-refractivity contribution in [2.24, 2.45) is 0 Å². The summed E-state index contributed by atoms with van der Waals surface area (Å²) < 4.78 is 7.04. The van der Waals surface area contributed by atoms with Gasteiger partial charge in [0.1, 0.15) is 10.6 Å². The predicted molar refractivity (Wildman–Crippen MR) is 121 cm³/mol. The molecular weight excluding hydrogens is 418 g/mol. The maximum atomic E-state index is 13.4. The number of amides is 1. The monoisotopic (exact) mass is 445 g/mol. The van der Waals surface area contributed by atoms with Crippen molar-refractivity contribution in [3.05, 3.63) is 45.0 Å². The lowest BCUT2D eigenvalue weighted by molar-refractivity contribution is -0.118. The first kappa shape index (κ1) is 21.2. The van der Waals surface area contributed by atoms with Crippen molar-refractivity contribution in [1.29, 1.82) is 0 Å². The summed E-state index contributed by atoms with van der Waals surface area (Å²) in [5.74, 6) is 0.835. The van der Waals surface area contributed by atoms with Crippen molar-refractivity contribution in [2.45, 2.75) is 70.1 Å². The number of furan rings is 1. The van der Waals surface area contributed by atoms with Crippen molar-refractivity contribution >= 4 is 39.2 Å². The summed E-state index contributed by atoms with van der Waals surface area (Å²) in [7, 11) is 0. The fourth-order valence-corrected chi connectivity index (χ4v) is 5.98. The topological polar surface area (TPSA) is 77.1 Å². The van der Waals surface area contributed by atoms with Crippen LogP contribution in [0.2, 0.25) is 0 Å². The Labute approximate surface area is 184 Å². The number of aromatic nitrogens is 2. The van der Waals surface area contributed by atoms with Crippen LogP contribution in [0.25, 0.3) is 10.2 Å². The van der Waals surface area contributed by atoms with Gasteiger partial charge >= 0.3 is 0 Å². The molecule has 0 saturated carbocycles. The number of nitrogens with zero attached hydrogens (tertiary/aromatic N) is 2. The van der Waals surface area contributed by atoms with E-state index in [-0.39, 0.29) is 17.2 Å². The minimum atomic E-state index is -0.101. The van der Waals surface area contributed by atoms with E-state index in [4.69, 9.17) is 9.40 Å². The highest BCUT2D eigenvalue weighted by Gasteiger charge is 2.22. The molecule has 3 aromatic rings. The van der Waals surface area contributed by atoms with Gasteiger partial charge in [0.2, 0.25) is 5.91 Å². The lowest BCUT2D eigenvalue weighted by atomic mass is 9.97. The molecule has 1 aliphatic rings. The highest BCUT2D eigenvalue weighted by molar-refractivity contribution is 7.99. The van der Waals surface area contributed by atoms with E-state index < -0.39 is 0 Å². The van der Waals surface area contributed by atoms with E-state index >= 15 is 0 Å². The number of carbonyl (C=O) groups excluding carboxylic acids is 1. The lowest BCUT2D eigenvalue weighted by Gasteiger charge is -2.13. The van der Waals surface area contributed by atoms with Gasteiger partial charge in [0, 0.05) is 11.4 Å². The molecule has 4 rings (SSSR count). The number of thioether (sulfide) groups is 1. The molecule has 0 fully saturated rings. The number of hydrogen-bond donors (Lipinski definition) is 1. The summed E-state index contributed by atoms with van der Waals surface area (Å²) in [6.07, 6.45) is 9.03. The van der Waals surface area contributed by atoms with Gasteiger partial charge in [-0.05, 0) is 49.8 Å². The molecule has 1 aliphatic carbocycles. The number of fused-ring (bicyclic) bond motifs is 3. The lowest BCUT2D eigenvalue weighted by Crippen LogP contribution is -2.27. The summed E-state index contributed by atoms with van der Waals surface area (Å²) in [6.45, 7) is 3.16. The first-order valence-electron chi connectivity index (χ1n) is 10.6. The molecule has 160 valence electrons. The van der Waals surface area contributed by atoms with Crippen LogP contribution in [0.3, 0.4) is 0 Å². The number of unbranched alkanes of at least 4 members (excludes halogenated alkanes) is 2. The molecule has 0 aromatic carbocycles. The third-order valence-electron chi connectivity index (χ3n) is 5.40. The van der Waals surface area contributed by atoms with E-state index in [9.17, 15) is 9.59 Å². The van der Waals surface area contributed by atoms with Crippen molar-refractivity contribution in [3.63, 3.8) is 0 Å². The average molecular weight is 446 g/mol. The normalized spacial score (nSPS) is 13.5. The highest BCUT2D eigenvalue weighted by Crippen LogP contribution is 2.34. The third-order valence-corrected chi connectivity index (χ3v) is 7.56. The second-order valence-electron chi connectivity index (χ2n) is 7.59. The van der Waals surface area contributed by atoms with Gasteiger partial charge in [-0.3, -0.25) is 14.2 Å². The second kappa shape index (κ2) is 9.83. The van der Waals surface area contributed by atoms with Gasteiger partial charge in [-0.1, -0.05) is 31.5 Å². The SMILES string of the molecule is CCCCCn1c(SCC(=O)NCc2ccco2)nc2sc3c(c2c1=O)CCCC3. The quantitative estimate of drug-likeness (QED) is 0.297. The zero-order chi connectivity index (χ0) is 20.9. The van der Waals surface area contributed by atoms with E-state index in [0.717, 1.165) is 48.7 Å². The summed E-state index contributed by atoms with van der Waals surface area (Å²) in [6, 6.07) is 3.62. The standard InChI is InChI=1S/C22H27N3O3S2/c1-2-3-6-11-25-21(27)19-16-9-4-5-10-17(16)30-20(19)24-22(25)29-14-18(26)23-13-15-8-7-12-28-15/h7-8,12H,2-6,9-11,13-14H2,1H3,(H,23,26). The smallest absolute Gasteiger partial charge is 0.263 e. The number of hydrogen-bond acceptors (Lipinski definition) is 6. The summed E-state index contributed by atoms with van der Waals surface area (Å²) in [5.41, 5.74) is 1.28. The van der Waals surface area contributed by atoms with Gasteiger partial charge in [0.25, 0.3) is 5.56 Å². The van der Waals surface area contributed by atoms with E-state index in [0.29, 0.717) is 24.0 Å². The van der Waals surface area contributed by atoms with Crippen molar-refractivity contribution < 1.29 is 9.21 Å². The number of thiophene rings is 1. The van der Waals surface area contributed by atoms with Crippen LogP contribution < -0.4 is 10.9 Å². The Hall–Kier alpha value is -2.06. The van der Waals surface area contributed by atoms with E-state index in [2.05, 4.69) is 12.2 Å². The molecule has 6 nitrogen and oxygen atoms in total. The molecule has 1 N–H and O–H groups in total. The van der Waals surface area contributed by atoms with Gasteiger partial charge in [0.05, 0.1) is 23.9 Å². The van der Waals surface area contributed by atoms with Gasteiger partial charge in [0.15, 0.2) is 5.16 Å². The van der Waals surface area contributed by atoms with E-state index in [1.54, 1.807) is 28.2 Å². The van der Waals surface area contributed by atoms with Crippen molar-refractivity contribution in [1.82, 2.24) is 14.9 Å². The first-order valence-corrected chi connectivity index (χ1v) is 12.4. The fourth-order valence-electron chi connectivity index (χ4n) is 3.83. The van der Waals surface area contributed by atoms with Crippen LogP contribution in [0.4, 0.5) is 0 Å². The molecule has 0 unspecified atom stereocenters. The van der Waals surface area contributed by atoms with Crippen LogP contribution in [-0.2, 0) is 30.7 Å². The third kappa shape index (κ3) is 4.64. The maximum absolute atomic E-state index is 13.4. The minimum absolute atomic E-state index is 0.0639. The molecule has 8 heteroatoms. The van der Waals surface area contributed by atoms with E-state index in [1.165, 1.54) is 28.6 Å². The van der Waals surface area contributed by atoms with Crippen LogP contribution in [-0.4, -0.2) is 21.2 Å². The Balaban J connectivity index is 1.56. The number of rotatable bonds is 9. The van der Waals surface area contributed by atoms with E-state index in [1.807, 2.05) is 6.07 Å². The molecule has 3 heterocycles. The molecule has 0 spiro atoms. The Kier molecular flexibility index (Phi) is 6.94. The molecular formula is C22H27N3O3S2. The summed E-state index contributed by atoms with van der Waals surface area (Å²) in [4.78, 5) is 32.7. The van der Waals surface area contributed by atoms with Crippen molar-refractivity contribution in [3.8, 4) is 0 Å². The van der Waals surface area contributed by atoms with Crippen LogP contribution >= 0.6 is 23.1 Å². The Morgan fingerprint density at radius 1 is 1.33 bits per heavy atom. The Bertz CT molecular complexity index is 1070. The molecule has 0 radical (unpaired) electrons. The van der Waals surface area contributed by atoms with Gasteiger partial charge in [-0.15, -0.1) is 11.3 Å². The first-order chi connectivity index (χ1) is 14.7. The second-order valence-corrected chi connectivity index (χ2v) is 9.62. The van der Waals surface area contributed by atoms with Crippen LogP contribution in [0.15, 0.2) is 32.8 Å². The fraction of sp³-hybridized carbons (Fsp3) is 0.500. The largest absolute Gasteiger partial charge is 0.467 e. The molecule has 0 saturated heterocycles. The van der Waals surface area contributed by atoms with Crippen molar-refractivity contribution in [2.75, 3.05) is 5.75 Å². The molecule has 3 aromatic heterocycles. The van der Waals surface area contributed by atoms with Gasteiger partial charge in [-0.2, -0.15) is 0 Å². The average Bonchev–Trinajstić information content (AvgIpc) is 3.40. The maximum Gasteiger partial charge on any atom is 0.263 e. The number of aryl methyl sites for hydroxylation is 2. The van der Waals surface area contributed by atoms with Crippen LogP contribution in [0, 0.1) is 0 Å². The Morgan fingerprint density at radius 3 is 3.00 bits per heavy atom. The number of nitrogens with one attached hydrogen (secondary N) is 1. The zero-order valence-electron chi connectivity index (χ0n) is 17.2. The summed E-state index contributed by atoms with van der Waals surface area (Å²) >= 11 is 3.00. The summed E-state index contributed by atoms with van der Waals surface area (Å²) in [5, 5.41) is 4.32. The zero-order valence-corrected chi connectivity index (χ0v) is 18.9. The molecule has 1 amide bonds. The molecule has 30 heavy (non-hydrogen) atoms. The van der Waals surface area contributed by atoms with Gasteiger partial charge < -0.3 is 9.73 Å². The van der Waals surface area contributed by atoms with Crippen LogP contribution in [0.5, 0.6) is 0 Å². The molecule has 0 aliphatic heterocycles. The van der Waals surface area contributed by atoms with Gasteiger partial charge in [-0.25, -0.2) is 4.98 Å². The minimum Gasteiger partial charge on any atom is -0.467 e. The Morgan fingerprint density at radius 2 is 2.20 bits per heavy atom. The molecule has 0 bridgehead atoms.